The third-order valence-corrected chi connectivity index (χ3v) is 4.96. The lowest BCUT2D eigenvalue weighted by atomic mass is 10.1. The fourth-order valence-corrected chi connectivity index (χ4v) is 3.54. The molecule has 2 N–H and O–H groups in total. The van der Waals surface area contributed by atoms with E-state index in [9.17, 15) is 0 Å². The summed E-state index contributed by atoms with van der Waals surface area (Å²) in [7, 11) is 1.69. The molecule has 0 radical (unpaired) electrons. The van der Waals surface area contributed by atoms with Crippen molar-refractivity contribution < 1.29 is 9.47 Å². The Kier molecular flexibility index (Phi) is 8.12. The van der Waals surface area contributed by atoms with Gasteiger partial charge in [-0.15, -0.1) is 24.0 Å². The summed E-state index contributed by atoms with van der Waals surface area (Å²) in [6, 6.07) is 5.99. The molecule has 0 atom stereocenters. The average Bonchev–Trinajstić information content (AvgIpc) is 3.14. The zero-order valence-corrected chi connectivity index (χ0v) is 17.4. The van der Waals surface area contributed by atoms with E-state index >= 15 is 0 Å². The maximum atomic E-state index is 6.26. The van der Waals surface area contributed by atoms with Crippen molar-refractivity contribution >= 4 is 29.9 Å². The predicted octanol–water partition coefficient (Wildman–Crippen LogP) is 3.94. The van der Waals surface area contributed by atoms with E-state index < -0.39 is 0 Å². The van der Waals surface area contributed by atoms with Gasteiger partial charge in [0, 0.05) is 18.7 Å². The molecule has 1 saturated heterocycles. The quantitative estimate of drug-likeness (QED) is 0.412. The molecule has 0 bridgehead atoms. The van der Waals surface area contributed by atoms with Crippen LogP contribution in [0.1, 0.15) is 50.5 Å². The highest BCUT2D eigenvalue weighted by atomic mass is 127. The van der Waals surface area contributed by atoms with E-state index in [1.807, 2.05) is 12.1 Å². The van der Waals surface area contributed by atoms with Gasteiger partial charge >= 0.3 is 0 Å². The van der Waals surface area contributed by atoms with Gasteiger partial charge in [0.25, 0.3) is 0 Å². The first kappa shape index (κ1) is 20.1. The van der Waals surface area contributed by atoms with Crippen LogP contribution in [-0.2, 0) is 6.54 Å². The van der Waals surface area contributed by atoms with Crippen molar-refractivity contribution in [3.8, 4) is 11.5 Å². The average molecular weight is 459 g/mol. The summed E-state index contributed by atoms with van der Waals surface area (Å²) >= 11 is 0. The number of hydrogen-bond donors (Lipinski definition) is 1. The maximum Gasteiger partial charge on any atom is 0.191 e. The molecule has 6 heteroatoms. The highest BCUT2D eigenvalue weighted by Gasteiger charge is 2.20. The van der Waals surface area contributed by atoms with Gasteiger partial charge in [-0.3, -0.25) is 0 Å². The van der Waals surface area contributed by atoms with E-state index in [2.05, 4.69) is 16.0 Å². The number of nitrogens with two attached hydrogens (primary N) is 1. The van der Waals surface area contributed by atoms with Crippen LogP contribution in [0.25, 0.3) is 0 Å². The van der Waals surface area contributed by atoms with Crippen molar-refractivity contribution in [3.63, 3.8) is 0 Å². The fraction of sp³-hybridized carbons (Fsp3) is 0.632. The number of guanidine groups is 1. The van der Waals surface area contributed by atoms with E-state index in [1.54, 1.807) is 7.11 Å². The van der Waals surface area contributed by atoms with Gasteiger partial charge < -0.3 is 20.1 Å². The number of methoxy groups -OCH3 is 1. The van der Waals surface area contributed by atoms with Crippen molar-refractivity contribution in [1.29, 1.82) is 0 Å². The number of rotatable bonds is 5. The first-order valence-corrected chi connectivity index (χ1v) is 9.15. The van der Waals surface area contributed by atoms with Gasteiger partial charge in [-0.05, 0) is 51.0 Å². The second kappa shape index (κ2) is 10.1. The first-order chi connectivity index (χ1) is 11.8. The Hall–Kier alpha value is -1.18. The van der Waals surface area contributed by atoms with Crippen LogP contribution in [0.2, 0.25) is 0 Å². The van der Waals surface area contributed by atoms with Crippen molar-refractivity contribution in [2.45, 2.75) is 57.6 Å². The fourth-order valence-electron chi connectivity index (χ4n) is 3.54. The van der Waals surface area contributed by atoms with Crippen molar-refractivity contribution in [1.82, 2.24) is 4.90 Å². The number of aliphatic imine (C=N–C) groups is 1. The first-order valence-electron chi connectivity index (χ1n) is 9.15. The topological polar surface area (TPSA) is 60.1 Å². The van der Waals surface area contributed by atoms with Crippen LogP contribution in [0.15, 0.2) is 23.2 Å². The van der Waals surface area contributed by atoms with E-state index in [0.717, 1.165) is 43.0 Å². The second-order valence-corrected chi connectivity index (χ2v) is 6.69. The van der Waals surface area contributed by atoms with Crippen molar-refractivity contribution in [2.24, 2.45) is 10.7 Å². The standard InChI is InChI=1S/C19H29N3O2.HI/c1-23-17-11-7-8-15(18(17)24-16-9-3-4-10-16)14-21-19(20)22-12-5-2-6-13-22;/h7-8,11,16H,2-6,9-10,12-14H2,1H3,(H2,20,21);1H. The number of nitrogens with zero attached hydrogens (tertiary/aromatic N) is 2. The Balaban J connectivity index is 0.00000225. The van der Waals surface area contributed by atoms with Gasteiger partial charge in [-0.2, -0.15) is 0 Å². The lowest BCUT2D eigenvalue weighted by molar-refractivity contribution is 0.198. The Morgan fingerprint density at radius 1 is 1.16 bits per heavy atom. The molecule has 25 heavy (non-hydrogen) atoms. The summed E-state index contributed by atoms with van der Waals surface area (Å²) in [6.45, 7) is 2.55. The summed E-state index contributed by atoms with van der Waals surface area (Å²) in [5, 5.41) is 0. The minimum atomic E-state index is 0. The Bertz CT molecular complexity index is 568. The zero-order chi connectivity index (χ0) is 16.8. The molecule has 1 heterocycles. The molecule has 5 nitrogen and oxygen atoms in total. The molecule has 0 unspecified atom stereocenters. The summed E-state index contributed by atoms with van der Waals surface area (Å²) < 4.78 is 11.8. The van der Waals surface area contributed by atoms with Crippen LogP contribution in [-0.4, -0.2) is 37.2 Å². The molecular weight excluding hydrogens is 429 g/mol. The normalized spacial score (nSPS) is 18.8. The van der Waals surface area contributed by atoms with Gasteiger partial charge in [0.05, 0.1) is 19.8 Å². The highest BCUT2D eigenvalue weighted by Crippen LogP contribution is 2.35. The molecule has 3 rings (SSSR count). The molecule has 1 aliphatic carbocycles. The molecule has 0 aromatic heterocycles. The van der Waals surface area contributed by atoms with Gasteiger partial charge in [-0.25, -0.2) is 4.99 Å². The van der Waals surface area contributed by atoms with Crippen LogP contribution >= 0.6 is 24.0 Å². The smallest absolute Gasteiger partial charge is 0.191 e. The minimum absolute atomic E-state index is 0. The Labute approximate surface area is 168 Å². The molecule has 1 aromatic rings. The van der Waals surface area contributed by atoms with Crippen molar-refractivity contribution in [3.05, 3.63) is 23.8 Å². The number of piperidine rings is 1. The number of benzene rings is 1. The zero-order valence-electron chi connectivity index (χ0n) is 15.1. The minimum Gasteiger partial charge on any atom is -0.493 e. The van der Waals surface area contributed by atoms with Gasteiger partial charge in [0.1, 0.15) is 0 Å². The number of hydrogen-bond acceptors (Lipinski definition) is 3. The van der Waals surface area contributed by atoms with E-state index in [-0.39, 0.29) is 24.0 Å². The SMILES string of the molecule is COc1cccc(CN=C(N)N2CCCCC2)c1OC1CCCC1.I. The Morgan fingerprint density at radius 2 is 1.88 bits per heavy atom. The number of likely N-dealkylation sites (tertiary alicyclic amines) is 1. The summed E-state index contributed by atoms with van der Waals surface area (Å²) in [5.74, 6) is 2.26. The summed E-state index contributed by atoms with van der Waals surface area (Å²) in [6.07, 6.45) is 8.72. The van der Waals surface area contributed by atoms with Crippen LogP contribution < -0.4 is 15.2 Å². The lowest BCUT2D eigenvalue weighted by Crippen LogP contribution is -2.40. The molecule has 1 aromatic carbocycles. The molecule has 1 aliphatic heterocycles. The van der Waals surface area contributed by atoms with Crippen LogP contribution in [0.4, 0.5) is 0 Å². The molecular formula is C19H30IN3O2. The number of ether oxygens (including phenoxy) is 2. The molecule has 1 saturated carbocycles. The molecule has 0 spiro atoms. The van der Waals surface area contributed by atoms with E-state index in [1.165, 1.54) is 32.1 Å². The molecule has 140 valence electrons. The van der Waals surface area contributed by atoms with Gasteiger partial charge in [0.15, 0.2) is 17.5 Å². The predicted molar refractivity (Wildman–Crippen MR) is 112 cm³/mol. The molecule has 2 fully saturated rings. The Morgan fingerprint density at radius 3 is 2.56 bits per heavy atom. The van der Waals surface area contributed by atoms with E-state index in [4.69, 9.17) is 15.2 Å². The largest absolute Gasteiger partial charge is 0.493 e. The maximum absolute atomic E-state index is 6.26. The van der Waals surface area contributed by atoms with Crippen LogP contribution in [0.5, 0.6) is 11.5 Å². The van der Waals surface area contributed by atoms with Crippen LogP contribution in [0, 0.1) is 0 Å². The number of para-hydroxylation sites is 1. The summed E-state index contributed by atoms with van der Waals surface area (Å²) in [4.78, 5) is 6.80. The monoisotopic (exact) mass is 459 g/mol. The lowest BCUT2D eigenvalue weighted by Gasteiger charge is -2.27. The van der Waals surface area contributed by atoms with Gasteiger partial charge in [0.2, 0.25) is 0 Å². The van der Waals surface area contributed by atoms with E-state index in [0.29, 0.717) is 18.6 Å². The summed E-state index contributed by atoms with van der Waals surface area (Å²) in [5.41, 5.74) is 7.23. The molecule has 0 amide bonds. The third kappa shape index (κ3) is 5.39. The second-order valence-electron chi connectivity index (χ2n) is 6.69. The highest BCUT2D eigenvalue weighted by molar-refractivity contribution is 14.0. The third-order valence-electron chi connectivity index (χ3n) is 4.96. The van der Waals surface area contributed by atoms with Gasteiger partial charge in [-0.1, -0.05) is 12.1 Å². The number of halogens is 1. The molecule has 2 aliphatic rings. The van der Waals surface area contributed by atoms with Crippen LogP contribution in [0.3, 0.4) is 0 Å². The van der Waals surface area contributed by atoms with Crippen molar-refractivity contribution in [2.75, 3.05) is 20.2 Å².